The fraction of sp³-hybridized carbons (Fsp3) is 0.333. The van der Waals surface area contributed by atoms with Crippen molar-refractivity contribution in [2.45, 2.75) is 19.4 Å². The van der Waals surface area contributed by atoms with Crippen LogP contribution >= 0.6 is 0 Å². The lowest BCUT2D eigenvalue weighted by atomic mass is 10.0. The molecule has 0 bridgehead atoms. The summed E-state index contributed by atoms with van der Waals surface area (Å²) in [6.07, 6.45) is 0. The zero-order chi connectivity index (χ0) is 14.9. The van der Waals surface area contributed by atoms with E-state index in [2.05, 4.69) is 4.98 Å². The molecular formula is C15H18N2O3. The van der Waals surface area contributed by atoms with Gasteiger partial charge in [-0.3, -0.25) is 9.59 Å². The molecule has 1 heterocycles. The monoisotopic (exact) mass is 274 g/mol. The Labute approximate surface area is 116 Å². The number of H-pyrrole nitrogens is 1. The molecule has 0 saturated carbocycles. The van der Waals surface area contributed by atoms with E-state index in [-0.39, 0.29) is 23.6 Å². The number of aromatic nitrogens is 1. The molecule has 0 unspecified atom stereocenters. The molecule has 1 aromatic heterocycles. The number of aliphatic hydroxyl groups excluding tert-OH is 1. The van der Waals surface area contributed by atoms with Gasteiger partial charge in [-0.05, 0) is 26.0 Å². The van der Waals surface area contributed by atoms with E-state index in [0.717, 1.165) is 0 Å². The second kappa shape index (κ2) is 5.09. The molecule has 5 nitrogen and oxygen atoms in total. The fourth-order valence-electron chi connectivity index (χ4n) is 1.87. The molecule has 0 radical (unpaired) electrons. The SMILES string of the molecule is CN(C(=O)c1cc(=O)c2ccccc2[nH]1)C(C)(C)CO. The highest BCUT2D eigenvalue weighted by atomic mass is 16.3. The van der Waals surface area contributed by atoms with Crippen molar-refractivity contribution < 1.29 is 9.90 Å². The third-order valence-corrected chi connectivity index (χ3v) is 3.57. The molecule has 0 aliphatic rings. The summed E-state index contributed by atoms with van der Waals surface area (Å²) in [7, 11) is 1.60. The number of para-hydroxylation sites is 1. The number of pyridine rings is 1. The summed E-state index contributed by atoms with van der Waals surface area (Å²) in [4.78, 5) is 28.8. The van der Waals surface area contributed by atoms with E-state index >= 15 is 0 Å². The Morgan fingerprint density at radius 1 is 1.35 bits per heavy atom. The summed E-state index contributed by atoms with van der Waals surface area (Å²) in [6, 6.07) is 8.34. The van der Waals surface area contributed by atoms with Gasteiger partial charge in [0.25, 0.3) is 5.91 Å². The maximum absolute atomic E-state index is 12.4. The maximum Gasteiger partial charge on any atom is 0.270 e. The van der Waals surface area contributed by atoms with Crippen molar-refractivity contribution in [3.8, 4) is 0 Å². The van der Waals surface area contributed by atoms with Crippen LogP contribution < -0.4 is 5.43 Å². The average Bonchev–Trinajstić information content (AvgIpc) is 2.45. The molecule has 106 valence electrons. The van der Waals surface area contributed by atoms with Crippen LogP contribution in [0.5, 0.6) is 0 Å². The molecule has 2 N–H and O–H groups in total. The number of fused-ring (bicyclic) bond motifs is 1. The predicted octanol–water partition coefficient (Wildman–Crippen LogP) is 1.37. The van der Waals surface area contributed by atoms with E-state index < -0.39 is 5.54 Å². The van der Waals surface area contributed by atoms with Crippen LogP contribution in [-0.4, -0.2) is 40.1 Å². The minimum atomic E-state index is -0.695. The van der Waals surface area contributed by atoms with Gasteiger partial charge in [0.1, 0.15) is 5.69 Å². The number of carbonyl (C=O) groups excluding carboxylic acids is 1. The van der Waals surface area contributed by atoms with Crippen LogP contribution in [0.25, 0.3) is 10.9 Å². The Balaban J connectivity index is 2.48. The van der Waals surface area contributed by atoms with Gasteiger partial charge in [-0.25, -0.2) is 0 Å². The van der Waals surface area contributed by atoms with Crippen LogP contribution in [0.1, 0.15) is 24.3 Å². The maximum atomic E-state index is 12.4. The molecule has 20 heavy (non-hydrogen) atoms. The first-order valence-corrected chi connectivity index (χ1v) is 6.38. The lowest BCUT2D eigenvalue weighted by Crippen LogP contribution is -2.48. The van der Waals surface area contributed by atoms with E-state index in [0.29, 0.717) is 10.9 Å². The first-order valence-electron chi connectivity index (χ1n) is 6.38. The second-order valence-electron chi connectivity index (χ2n) is 5.43. The van der Waals surface area contributed by atoms with Crippen LogP contribution in [0, 0.1) is 0 Å². The number of benzene rings is 1. The van der Waals surface area contributed by atoms with Crippen LogP contribution in [0.2, 0.25) is 0 Å². The van der Waals surface area contributed by atoms with Crippen LogP contribution in [0.4, 0.5) is 0 Å². The Kier molecular flexibility index (Phi) is 3.63. The molecule has 0 spiro atoms. The number of hydrogen-bond donors (Lipinski definition) is 2. The first-order chi connectivity index (χ1) is 9.36. The van der Waals surface area contributed by atoms with Gasteiger partial charge in [0, 0.05) is 24.0 Å². The largest absolute Gasteiger partial charge is 0.394 e. The summed E-state index contributed by atoms with van der Waals surface area (Å²) in [5.74, 6) is -0.327. The number of nitrogens with zero attached hydrogens (tertiary/aromatic N) is 1. The molecule has 0 aliphatic heterocycles. The zero-order valence-corrected chi connectivity index (χ0v) is 11.8. The number of aliphatic hydroxyl groups is 1. The number of carbonyl (C=O) groups is 1. The topological polar surface area (TPSA) is 73.4 Å². The molecule has 2 aromatic rings. The first kappa shape index (κ1) is 14.3. The third-order valence-electron chi connectivity index (χ3n) is 3.57. The Bertz CT molecular complexity index is 704. The molecule has 2 rings (SSSR count). The van der Waals surface area contributed by atoms with Crippen molar-refractivity contribution in [2.75, 3.05) is 13.7 Å². The molecule has 0 aliphatic carbocycles. The van der Waals surface area contributed by atoms with Crippen LogP contribution in [0.3, 0.4) is 0 Å². The van der Waals surface area contributed by atoms with E-state index in [1.807, 2.05) is 0 Å². The normalized spacial score (nSPS) is 11.6. The van der Waals surface area contributed by atoms with Crippen molar-refractivity contribution >= 4 is 16.8 Å². The summed E-state index contributed by atoms with van der Waals surface area (Å²) in [5.41, 5.74) is -0.0474. The van der Waals surface area contributed by atoms with Crippen molar-refractivity contribution in [1.82, 2.24) is 9.88 Å². The van der Waals surface area contributed by atoms with Crippen molar-refractivity contribution in [3.63, 3.8) is 0 Å². The number of nitrogens with one attached hydrogen (secondary N) is 1. The van der Waals surface area contributed by atoms with Gasteiger partial charge >= 0.3 is 0 Å². The molecular weight excluding hydrogens is 256 g/mol. The van der Waals surface area contributed by atoms with Gasteiger partial charge in [0.15, 0.2) is 5.43 Å². The third kappa shape index (κ3) is 2.44. The molecule has 0 saturated heterocycles. The Hall–Kier alpha value is -2.14. The second-order valence-corrected chi connectivity index (χ2v) is 5.43. The van der Waals surface area contributed by atoms with Crippen molar-refractivity contribution in [1.29, 1.82) is 0 Å². The summed E-state index contributed by atoms with van der Waals surface area (Å²) < 4.78 is 0. The van der Waals surface area contributed by atoms with Gasteiger partial charge in [-0.2, -0.15) is 0 Å². The van der Waals surface area contributed by atoms with Gasteiger partial charge in [-0.1, -0.05) is 12.1 Å². The van der Waals surface area contributed by atoms with Crippen LogP contribution in [-0.2, 0) is 0 Å². The Morgan fingerprint density at radius 2 is 2.00 bits per heavy atom. The lowest BCUT2D eigenvalue weighted by molar-refractivity contribution is 0.0468. The molecule has 0 fully saturated rings. The molecule has 0 atom stereocenters. The smallest absolute Gasteiger partial charge is 0.270 e. The molecule has 5 heteroatoms. The molecule has 1 amide bonds. The minimum absolute atomic E-state index is 0.160. The minimum Gasteiger partial charge on any atom is -0.394 e. The van der Waals surface area contributed by atoms with Crippen LogP contribution in [0.15, 0.2) is 35.1 Å². The number of aromatic amines is 1. The average molecular weight is 274 g/mol. The standard InChI is InChI=1S/C15H18N2O3/c1-15(2,9-18)17(3)14(20)12-8-13(19)10-6-4-5-7-11(10)16-12/h4-8,18H,9H2,1-3H3,(H,16,19). The summed E-state index contributed by atoms with van der Waals surface area (Å²) in [5, 5.41) is 9.87. The highest BCUT2D eigenvalue weighted by molar-refractivity contribution is 5.95. The fourth-order valence-corrected chi connectivity index (χ4v) is 1.87. The predicted molar refractivity (Wildman–Crippen MR) is 77.8 cm³/mol. The van der Waals surface area contributed by atoms with E-state index in [4.69, 9.17) is 0 Å². The number of amides is 1. The van der Waals surface area contributed by atoms with Gasteiger partial charge in [-0.15, -0.1) is 0 Å². The van der Waals surface area contributed by atoms with Gasteiger partial charge in [0.05, 0.1) is 12.1 Å². The number of hydrogen-bond acceptors (Lipinski definition) is 3. The highest BCUT2D eigenvalue weighted by Gasteiger charge is 2.28. The summed E-state index contributed by atoms with van der Waals surface area (Å²) in [6.45, 7) is 3.35. The Morgan fingerprint density at radius 3 is 2.65 bits per heavy atom. The van der Waals surface area contributed by atoms with E-state index in [9.17, 15) is 14.7 Å². The van der Waals surface area contributed by atoms with E-state index in [1.165, 1.54) is 11.0 Å². The highest BCUT2D eigenvalue weighted by Crippen LogP contribution is 2.15. The number of likely N-dealkylation sites (N-methyl/N-ethyl adjacent to an activating group) is 1. The zero-order valence-electron chi connectivity index (χ0n) is 11.8. The quantitative estimate of drug-likeness (QED) is 0.888. The van der Waals surface area contributed by atoms with Gasteiger partial charge in [0.2, 0.25) is 0 Å². The van der Waals surface area contributed by atoms with E-state index in [1.54, 1.807) is 45.2 Å². The summed E-state index contributed by atoms with van der Waals surface area (Å²) >= 11 is 0. The van der Waals surface area contributed by atoms with Crippen molar-refractivity contribution in [2.24, 2.45) is 0 Å². The van der Waals surface area contributed by atoms with Crippen molar-refractivity contribution in [3.05, 3.63) is 46.2 Å². The number of rotatable bonds is 3. The van der Waals surface area contributed by atoms with Gasteiger partial charge < -0.3 is 15.0 Å². The lowest BCUT2D eigenvalue weighted by Gasteiger charge is -2.33. The molecule has 1 aromatic carbocycles.